The van der Waals surface area contributed by atoms with Crippen LogP contribution in [0.5, 0.6) is 0 Å². The van der Waals surface area contributed by atoms with Gasteiger partial charge in [0.2, 0.25) is 0 Å². The van der Waals surface area contributed by atoms with Crippen molar-refractivity contribution in [2.75, 3.05) is 13.2 Å². The molecular weight excluding hydrogens is 531 g/mol. The Kier molecular flexibility index (Phi) is 24.0. The van der Waals surface area contributed by atoms with E-state index in [1.807, 2.05) is 0 Å². The van der Waals surface area contributed by atoms with Crippen LogP contribution in [0.25, 0.3) is 0 Å². The van der Waals surface area contributed by atoms with Crippen molar-refractivity contribution in [3.05, 3.63) is 0 Å². The summed E-state index contributed by atoms with van der Waals surface area (Å²) in [6, 6.07) is 0. The van der Waals surface area contributed by atoms with Crippen molar-refractivity contribution in [1.82, 2.24) is 0 Å². The predicted octanol–water partition coefficient (Wildman–Crippen LogP) is 5.07. The van der Waals surface area contributed by atoms with Crippen LogP contribution in [0, 0.1) is 59.2 Å². The van der Waals surface area contributed by atoms with E-state index < -0.39 is 39.1 Å². The number of phosphoric acid groups is 1. The first-order chi connectivity index (χ1) is 19.3. The molecule has 0 rings (SSSR count). The van der Waals surface area contributed by atoms with Crippen molar-refractivity contribution in [2.24, 2.45) is 0 Å². The maximum absolute atomic E-state index is 12.2. The molecule has 0 aromatic rings. The van der Waals surface area contributed by atoms with E-state index in [9.17, 15) is 14.2 Å². The lowest BCUT2D eigenvalue weighted by molar-refractivity contribution is -0.158. The molecule has 0 unspecified atom stereocenters. The average Bonchev–Trinajstić information content (AvgIpc) is 2.91. The third-order valence-electron chi connectivity index (χ3n) is 5.34. The number of carbonyl (C=O) groups is 2. The molecule has 0 saturated carbocycles. The van der Waals surface area contributed by atoms with E-state index in [-0.39, 0.29) is 6.42 Å². The quantitative estimate of drug-likeness (QED) is 0.0683. The molecule has 0 aliphatic heterocycles. The van der Waals surface area contributed by atoms with Gasteiger partial charge in [0, 0.05) is 12.3 Å². The van der Waals surface area contributed by atoms with Crippen LogP contribution in [-0.2, 0) is 28.2 Å². The highest BCUT2D eigenvalue weighted by Gasteiger charge is 2.22. The highest BCUT2D eigenvalue weighted by atomic mass is 31.2. The molecule has 0 aliphatic carbocycles. The lowest BCUT2D eigenvalue weighted by Gasteiger charge is -2.17. The summed E-state index contributed by atoms with van der Waals surface area (Å²) in [7, 11) is -4.81. The van der Waals surface area contributed by atoms with Crippen molar-refractivity contribution in [1.29, 1.82) is 0 Å². The van der Waals surface area contributed by atoms with Crippen LogP contribution >= 0.6 is 7.82 Å². The Morgan fingerprint density at radius 3 is 1.68 bits per heavy atom. The fourth-order valence-electron chi connectivity index (χ4n) is 3.37. The van der Waals surface area contributed by atoms with E-state index in [0.717, 1.165) is 19.3 Å². The Labute approximate surface area is 239 Å². The number of ether oxygens (including phenoxy) is 2. The standard InChI is InChI=1S/C31H41O8P/c1-3-5-7-9-11-13-14-15-16-18-20-22-24-26-31(33)39-29(28-38-40(34,35)36)27-37-30(32)25-23-21-19-17-12-10-8-6-4-2/h29H,3,5,7,9,11,13-16,18,20,22,24,26-28H2,1-2H3,(H2,34,35,36)/t29-/m1/s1. The molecule has 0 fully saturated rings. The van der Waals surface area contributed by atoms with Gasteiger partial charge in [-0.25, -0.2) is 9.36 Å². The predicted molar refractivity (Wildman–Crippen MR) is 154 cm³/mol. The normalized spacial score (nSPS) is 10.4. The second kappa shape index (κ2) is 26.1. The fourth-order valence-corrected chi connectivity index (χ4v) is 3.73. The number of esters is 2. The second-order valence-electron chi connectivity index (χ2n) is 8.86. The Hall–Kier alpha value is -3.15. The van der Waals surface area contributed by atoms with E-state index in [2.05, 4.69) is 70.7 Å². The molecule has 2 N–H and O–H groups in total. The van der Waals surface area contributed by atoms with Crippen LogP contribution < -0.4 is 0 Å². The maximum Gasteiger partial charge on any atom is 0.469 e. The molecule has 0 aliphatic rings. The molecule has 0 aromatic heterocycles. The lowest BCUT2D eigenvalue weighted by Crippen LogP contribution is -2.29. The molecule has 0 aromatic carbocycles. The van der Waals surface area contributed by atoms with Crippen LogP contribution in [0.3, 0.4) is 0 Å². The van der Waals surface area contributed by atoms with Crippen LogP contribution in [0.2, 0.25) is 0 Å². The summed E-state index contributed by atoms with van der Waals surface area (Å²) in [6.07, 6.45) is 14.2. The highest BCUT2D eigenvalue weighted by molar-refractivity contribution is 7.46. The van der Waals surface area contributed by atoms with Gasteiger partial charge in [-0.05, 0) is 60.7 Å². The van der Waals surface area contributed by atoms with Crippen LogP contribution in [0.4, 0.5) is 0 Å². The molecule has 9 heteroatoms. The van der Waals surface area contributed by atoms with Gasteiger partial charge in [0.25, 0.3) is 0 Å². The van der Waals surface area contributed by atoms with Crippen molar-refractivity contribution in [2.45, 2.75) is 110 Å². The molecular formula is C31H41O8P. The van der Waals surface area contributed by atoms with Crippen molar-refractivity contribution >= 4 is 19.8 Å². The van der Waals surface area contributed by atoms with Crippen LogP contribution in [0.1, 0.15) is 104 Å². The summed E-state index contributed by atoms with van der Waals surface area (Å²) in [5, 5.41) is 0. The Morgan fingerprint density at radius 1 is 0.700 bits per heavy atom. The Balaban J connectivity index is 4.32. The van der Waals surface area contributed by atoms with Gasteiger partial charge in [-0.2, -0.15) is 0 Å². The van der Waals surface area contributed by atoms with Gasteiger partial charge >= 0.3 is 19.8 Å². The minimum atomic E-state index is -4.81. The number of rotatable bonds is 20. The minimum absolute atomic E-state index is 0.143. The summed E-state index contributed by atoms with van der Waals surface area (Å²) >= 11 is 0. The third-order valence-corrected chi connectivity index (χ3v) is 5.82. The van der Waals surface area contributed by atoms with E-state index >= 15 is 0 Å². The highest BCUT2D eigenvalue weighted by Crippen LogP contribution is 2.35. The van der Waals surface area contributed by atoms with Crippen molar-refractivity contribution in [3.8, 4) is 59.2 Å². The molecule has 0 heterocycles. The van der Waals surface area contributed by atoms with Crippen molar-refractivity contribution in [3.63, 3.8) is 0 Å². The Morgan fingerprint density at radius 2 is 1.18 bits per heavy atom. The third kappa shape index (κ3) is 27.9. The topological polar surface area (TPSA) is 119 Å². The van der Waals surface area contributed by atoms with Gasteiger partial charge in [0.1, 0.15) is 6.61 Å². The summed E-state index contributed by atoms with van der Waals surface area (Å²) in [4.78, 5) is 41.8. The summed E-state index contributed by atoms with van der Waals surface area (Å²) < 4.78 is 25.5. The summed E-state index contributed by atoms with van der Waals surface area (Å²) in [5.74, 6) is 22.4. The van der Waals surface area contributed by atoms with Gasteiger partial charge in [-0.3, -0.25) is 9.32 Å². The average molecular weight is 573 g/mol. The van der Waals surface area contributed by atoms with E-state index in [0.29, 0.717) is 6.42 Å². The number of hydrogen-bond donors (Lipinski definition) is 2. The van der Waals surface area contributed by atoms with Crippen LogP contribution in [-0.4, -0.2) is 41.0 Å². The Bertz CT molecular complexity index is 1100. The molecule has 8 nitrogen and oxygen atoms in total. The minimum Gasteiger partial charge on any atom is -0.456 e. The molecule has 1 atom stereocenters. The molecule has 0 spiro atoms. The monoisotopic (exact) mass is 572 g/mol. The number of unbranched alkanes of at least 4 members (excludes halogenated alkanes) is 12. The van der Waals surface area contributed by atoms with E-state index in [4.69, 9.17) is 19.3 Å². The first-order valence-electron chi connectivity index (χ1n) is 13.8. The second-order valence-corrected chi connectivity index (χ2v) is 10.1. The van der Waals surface area contributed by atoms with Gasteiger partial charge in [-0.1, -0.05) is 89.9 Å². The molecule has 0 amide bonds. The molecule has 218 valence electrons. The van der Waals surface area contributed by atoms with Gasteiger partial charge in [-0.15, -0.1) is 0 Å². The van der Waals surface area contributed by atoms with Gasteiger partial charge < -0.3 is 19.3 Å². The lowest BCUT2D eigenvalue weighted by atomic mass is 10.0. The number of carbonyl (C=O) groups excluding carboxylic acids is 2. The zero-order valence-corrected chi connectivity index (χ0v) is 24.6. The molecule has 0 saturated heterocycles. The van der Waals surface area contributed by atoms with Crippen LogP contribution in [0.15, 0.2) is 0 Å². The molecule has 0 bridgehead atoms. The number of phosphoric ester groups is 1. The molecule has 0 radical (unpaired) electrons. The largest absolute Gasteiger partial charge is 0.469 e. The summed E-state index contributed by atoms with van der Waals surface area (Å²) in [6.45, 7) is 2.74. The van der Waals surface area contributed by atoms with E-state index in [1.165, 1.54) is 57.8 Å². The maximum atomic E-state index is 12.2. The first kappa shape index (κ1) is 36.8. The molecule has 40 heavy (non-hydrogen) atoms. The first-order valence-corrected chi connectivity index (χ1v) is 15.3. The number of hydrogen-bond acceptors (Lipinski definition) is 6. The van der Waals surface area contributed by atoms with Gasteiger partial charge in [0.05, 0.1) is 6.61 Å². The fraction of sp³-hybridized carbons (Fsp3) is 0.613. The zero-order chi connectivity index (χ0) is 29.7. The smallest absolute Gasteiger partial charge is 0.456 e. The van der Waals surface area contributed by atoms with E-state index in [1.54, 1.807) is 6.92 Å². The SMILES string of the molecule is CC#CC#CC#CC#CC#CC(=O)OC[C@H](COP(=O)(O)O)OC(=O)CCCCCCCCCCCCCCC. The zero-order valence-electron chi connectivity index (χ0n) is 23.7. The van der Waals surface area contributed by atoms with Crippen molar-refractivity contribution < 1.29 is 37.9 Å². The van der Waals surface area contributed by atoms with Gasteiger partial charge in [0.15, 0.2) is 6.10 Å². The summed E-state index contributed by atoms with van der Waals surface area (Å²) in [5.41, 5.74) is 0.